The van der Waals surface area contributed by atoms with Gasteiger partial charge in [-0.05, 0) is 36.8 Å². The minimum atomic E-state index is -3.64. The Morgan fingerprint density at radius 1 is 1.25 bits per heavy atom. The lowest BCUT2D eigenvalue weighted by atomic mass is 10.2. The third-order valence-electron chi connectivity index (χ3n) is 3.39. The van der Waals surface area contributed by atoms with Crippen molar-refractivity contribution in [1.29, 1.82) is 0 Å². The number of rotatable bonds is 6. The molecule has 0 fully saturated rings. The molecule has 6 nitrogen and oxygen atoms in total. The number of benzene rings is 1. The maximum atomic E-state index is 12.2. The predicted molar refractivity (Wildman–Crippen MR) is 94.5 cm³/mol. The molecule has 0 unspecified atom stereocenters. The molecule has 2 rings (SSSR count). The number of nitrogens with one attached hydrogen (secondary N) is 1. The van der Waals surface area contributed by atoms with Gasteiger partial charge in [-0.2, -0.15) is 0 Å². The molecule has 0 aliphatic carbocycles. The zero-order chi connectivity index (χ0) is 17.7. The van der Waals surface area contributed by atoms with E-state index in [1.54, 1.807) is 43.5 Å². The van der Waals surface area contributed by atoms with Crippen LogP contribution in [0.4, 0.5) is 5.69 Å². The van der Waals surface area contributed by atoms with Crippen LogP contribution in [0.15, 0.2) is 42.6 Å². The van der Waals surface area contributed by atoms with Crippen LogP contribution in [-0.4, -0.2) is 32.1 Å². The summed E-state index contributed by atoms with van der Waals surface area (Å²) in [5.74, 6) is -0.426. The number of carbonyl (C=O) groups excluding carboxylic acids is 1. The minimum absolute atomic E-state index is 0.228. The molecular formula is C16H18ClN3O3S. The monoisotopic (exact) mass is 367 g/mol. The summed E-state index contributed by atoms with van der Waals surface area (Å²) in [6, 6.07) is 10.3. The molecule has 0 atom stereocenters. The minimum Gasteiger partial charge on any atom is -0.349 e. The van der Waals surface area contributed by atoms with Crippen molar-refractivity contribution in [3.63, 3.8) is 0 Å². The van der Waals surface area contributed by atoms with Crippen molar-refractivity contribution in [2.45, 2.75) is 13.5 Å². The van der Waals surface area contributed by atoms with Crippen LogP contribution in [0.25, 0.3) is 0 Å². The van der Waals surface area contributed by atoms with Crippen molar-refractivity contribution in [3.8, 4) is 0 Å². The summed E-state index contributed by atoms with van der Waals surface area (Å²) in [5.41, 5.74) is 1.68. The summed E-state index contributed by atoms with van der Waals surface area (Å²) in [5, 5.41) is 3.10. The number of aromatic nitrogens is 1. The Labute approximate surface area is 146 Å². The van der Waals surface area contributed by atoms with Crippen molar-refractivity contribution < 1.29 is 13.2 Å². The van der Waals surface area contributed by atoms with Crippen molar-refractivity contribution in [1.82, 2.24) is 10.3 Å². The quantitative estimate of drug-likeness (QED) is 0.848. The lowest BCUT2D eigenvalue weighted by molar-refractivity contribution is -0.119. The molecule has 1 amide bonds. The summed E-state index contributed by atoms with van der Waals surface area (Å²) in [6.45, 7) is 1.61. The Kier molecular flexibility index (Phi) is 5.80. The summed E-state index contributed by atoms with van der Waals surface area (Å²) >= 11 is 6.06. The fourth-order valence-corrected chi connectivity index (χ4v) is 3.20. The van der Waals surface area contributed by atoms with Gasteiger partial charge in [0.25, 0.3) is 0 Å². The number of nitrogens with zero attached hydrogens (tertiary/aromatic N) is 2. The van der Waals surface area contributed by atoms with Crippen LogP contribution >= 0.6 is 11.6 Å². The Morgan fingerprint density at radius 2 is 2.00 bits per heavy atom. The van der Waals surface area contributed by atoms with E-state index >= 15 is 0 Å². The normalized spacial score (nSPS) is 11.1. The van der Waals surface area contributed by atoms with Crippen LogP contribution in [0.1, 0.15) is 11.3 Å². The van der Waals surface area contributed by atoms with Crippen LogP contribution in [-0.2, 0) is 21.4 Å². The van der Waals surface area contributed by atoms with Crippen LogP contribution in [0, 0.1) is 6.92 Å². The largest absolute Gasteiger partial charge is 0.349 e. The van der Waals surface area contributed by atoms with Gasteiger partial charge < -0.3 is 5.32 Å². The smallest absolute Gasteiger partial charge is 0.241 e. The van der Waals surface area contributed by atoms with Crippen molar-refractivity contribution >= 4 is 33.2 Å². The van der Waals surface area contributed by atoms with E-state index in [1.165, 1.54) is 0 Å². The average Bonchev–Trinajstić information content (AvgIpc) is 2.53. The van der Waals surface area contributed by atoms with Crippen LogP contribution < -0.4 is 9.62 Å². The SMILES string of the molecule is Cc1c(Cl)cccc1N(CC(=O)NCc1ccccn1)S(C)(=O)=O. The summed E-state index contributed by atoms with van der Waals surface area (Å²) in [7, 11) is -3.64. The molecule has 0 saturated heterocycles. The maximum Gasteiger partial charge on any atom is 0.241 e. The highest BCUT2D eigenvalue weighted by Crippen LogP contribution is 2.27. The van der Waals surface area contributed by atoms with Gasteiger partial charge in [-0.15, -0.1) is 0 Å². The zero-order valence-electron chi connectivity index (χ0n) is 13.4. The molecule has 24 heavy (non-hydrogen) atoms. The molecule has 1 heterocycles. The Morgan fingerprint density at radius 3 is 2.62 bits per heavy atom. The third kappa shape index (κ3) is 4.69. The van der Waals surface area contributed by atoms with Crippen molar-refractivity contribution in [3.05, 3.63) is 58.9 Å². The molecule has 0 bridgehead atoms. The summed E-state index contributed by atoms with van der Waals surface area (Å²) < 4.78 is 25.2. The van der Waals surface area contributed by atoms with Crippen LogP contribution in [0.5, 0.6) is 0 Å². The first-order valence-electron chi connectivity index (χ1n) is 7.18. The second kappa shape index (κ2) is 7.63. The van der Waals surface area contributed by atoms with Crippen LogP contribution in [0.3, 0.4) is 0 Å². The van der Waals surface area contributed by atoms with Gasteiger partial charge in [-0.25, -0.2) is 8.42 Å². The van der Waals surface area contributed by atoms with E-state index in [9.17, 15) is 13.2 Å². The van der Waals surface area contributed by atoms with Gasteiger partial charge in [0, 0.05) is 11.2 Å². The molecular weight excluding hydrogens is 350 g/mol. The fraction of sp³-hybridized carbons (Fsp3) is 0.250. The van der Waals surface area contributed by atoms with Gasteiger partial charge >= 0.3 is 0 Å². The lowest BCUT2D eigenvalue weighted by Gasteiger charge is -2.24. The number of amides is 1. The molecule has 2 aromatic rings. The Bertz CT molecular complexity index is 826. The average molecular weight is 368 g/mol. The molecule has 8 heteroatoms. The molecule has 1 aromatic carbocycles. The van der Waals surface area contributed by atoms with E-state index in [0.29, 0.717) is 22.0 Å². The molecule has 0 aliphatic rings. The van der Waals surface area contributed by atoms with Gasteiger partial charge in [0.1, 0.15) is 6.54 Å². The van der Waals surface area contributed by atoms with E-state index in [0.717, 1.165) is 10.6 Å². The maximum absolute atomic E-state index is 12.2. The highest BCUT2D eigenvalue weighted by atomic mass is 35.5. The van der Waals surface area contributed by atoms with Gasteiger partial charge in [0.2, 0.25) is 15.9 Å². The number of pyridine rings is 1. The topological polar surface area (TPSA) is 79.4 Å². The molecule has 1 N–H and O–H groups in total. The number of halogens is 1. The van der Waals surface area contributed by atoms with Crippen molar-refractivity contribution in [2.75, 3.05) is 17.1 Å². The number of anilines is 1. The van der Waals surface area contributed by atoms with Crippen molar-refractivity contribution in [2.24, 2.45) is 0 Å². The first-order valence-corrected chi connectivity index (χ1v) is 9.41. The van der Waals surface area contributed by atoms with Crippen LogP contribution in [0.2, 0.25) is 5.02 Å². The van der Waals surface area contributed by atoms with E-state index in [1.807, 2.05) is 6.07 Å². The molecule has 0 radical (unpaired) electrons. The first-order chi connectivity index (χ1) is 11.3. The predicted octanol–water partition coefficient (Wildman–Crippen LogP) is 2.13. The van der Waals surface area contributed by atoms with Gasteiger partial charge in [-0.1, -0.05) is 23.7 Å². The van der Waals surface area contributed by atoms with Gasteiger partial charge in [0.05, 0.1) is 24.2 Å². The number of carbonyl (C=O) groups is 1. The van der Waals surface area contributed by atoms with E-state index in [4.69, 9.17) is 11.6 Å². The summed E-state index contributed by atoms with van der Waals surface area (Å²) in [6.07, 6.45) is 2.68. The van der Waals surface area contributed by atoms with Gasteiger partial charge in [-0.3, -0.25) is 14.1 Å². The third-order valence-corrected chi connectivity index (χ3v) is 4.92. The Balaban J connectivity index is 2.15. The van der Waals surface area contributed by atoms with Gasteiger partial charge in [0.15, 0.2) is 0 Å². The fourth-order valence-electron chi connectivity index (χ4n) is 2.13. The highest BCUT2D eigenvalue weighted by Gasteiger charge is 2.23. The number of hydrogen-bond donors (Lipinski definition) is 1. The number of sulfonamides is 1. The standard InChI is InChI=1S/C16H18ClN3O3S/c1-12-14(17)7-5-8-15(12)20(24(2,22)23)11-16(21)19-10-13-6-3-4-9-18-13/h3-9H,10-11H2,1-2H3,(H,19,21). The molecule has 1 aromatic heterocycles. The Hall–Kier alpha value is -2.12. The van der Waals surface area contributed by atoms with E-state index < -0.39 is 15.9 Å². The zero-order valence-corrected chi connectivity index (χ0v) is 14.9. The van der Waals surface area contributed by atoms with E-state index in [-0.39, 0.29) is 13.1 Å². The highest BCUT2D eigenvalue weighted by molar-refractivity contribution is 7.92. The summed E-state index contributed by atoms with van der Waals surface area (Å²) in [4.78, 5) is 16.3. The lowest BCUT2D eigenvalue weighted by Crippen LogP contribution is -2.40. The molecule has 0 spiro atoms. The van der Waals surface area contributed by atoms with E-state index in [2.05, 4.69) is 10.3 Å². The molecule has 0 saturated carbocycles. The second-order valence-corrected chi connectivity index (χ2v) is 7.57. The second-order valence-electron chi connectivity index (χ2n) is 5.25. The molecule has 0 aliphatic heterocycles. The number of hydrogen-bond acceptors (Lipinski definition) is 4. The first kappa shape index (κ1) is 18.2. The molecule has 128 valence electrons.